The van der Waals surface area contributed by atoms with E-state index < -0.39 is 0 Å². The molecule has 0 aromatic carbocycles. The molecule has 1 aliphatic carbocycles. The minimum atomic E-state index is -0.368. The fraction of sp³-hybridized carbons (Fsp3) is 0.944. The van der Waals surface area contributed by atoms with Gasteiger partial charge in [0.25, 0.3) is 0 Å². The van der Waals surface area contributed by atoms with Crippen molar-refractivity contribution >= 4 is 18.7 Å². The molecular weight excluding hydrogens is 358 g/mol. The van der Waals surface area contributed by atoms with Crippen LogP contribution in [0.15, 0.2) is 0 Å². The van der Waals surface area contributed by atoms with Crippen molar-refractivity contribution in [2.45, 2.75) is 50.3 Å². The second-order valence-electron chi connectivity index (χ2n) is 6.24. The maximum atomic E-state index is 11.7. The van der Waals surface area contributed by atoms with Crippen LogP contribution in [0.1, 0.15) is 39.0 Å². The van der Waals surface area contributed by atoms with E-state index in [1.54, 1.807) is 0 Å². The minimum Gasteiger partial charge on any atom is -0.447 e. The van der Waals surface area contributed by atoms with Crippen LogP contribution in [0.25, 0.3) is 0 Å². The Labute approximate surface area is 162 Å². The molecule has 0 aliphatic heterocycles. The zero-order valence-corrected chi connectivity index (χ0v) is 16.8. The summed E-state index contributed by atoms with van der Waals surface area (Å²) in [6.07, 6.45) is 4.66. The second-order valence-corrected chi connectivity index (χ2v) is 6.97. The van der Waals surface area contributed by atoms with E-state index in [2.05, 4.69) is 24.9 Å². The first-order valence-electron chi connectivity index (χ1n) is 9.64. The fourth-order valence-corrected chi connectivity index (χ4v) is 2.83. The highest BCUT2D eigenvalue weighted by molar-refractivity contribution is 7.80. The molecule has 0 saturated heterocycles. The summed E-state index contributed by atoms with van der Waals surface area (Å²) in [4.78, 5) is 11.7. The fourth-order valence-electron chi connectivity index (χ4n) is 2.53. The van der Waals surface area contributed by atoms with Crippen LogP contribution in [0, 0.1) is 0 Å². The van der Waals surface area contributed by atoms with Crippen molar-refractivity contribution in [3.8, 4) is 0 Å². The topological polar surface area (TPSA) is 75.2 Å². The number of carbonyl (C=O) groups excluding carboxylic acids is 1. The largest absolute Gasteiger partial charge is 0.447 e. The second kappa shape index (κ2) is 16.6. The quantitative estimate of drug-likeness (QED) is 0.329. The third kappa shape index (κ3) is 13.6. The van der Waals surface area contributed by atoms with Gasteiger partial charge in [0.1, 0.15) is 6.61 Å². The van der Waals surface area contributed by atoms with Gasteiger partial charge >= 0.3 is 6.09 Å². The molecule has 7 nitrogen and oxygen atoms in total. The highest BCUT2D eigenvalue weighted by atomic mass is 32.1. The van der Waals surface area contributed by atoms with E-state index in [9.17, 15) is 4.79 Å². The molecule has 1 N–H and O–H groups in total. The zero-order chi connectivity index (χ0) is 18.9. The lowest BCUT2D eigenvalue weighted by molar-refractivity contribution is -0.00654. The molecule has 1 amide bonds. The van der Waals surface area contributed by atoms with E-state index in [4.69, 9.17) is 23.7 Å². The van der Waals surface area contributed by atoms with Crippen molar-refractivity contribution in [1.82, 2.24) is 5.32 Å². The Morgan fingerprint density at radius 1 is 0.808 bits per heavy atom. The molecule has 0 aromatic rings. The predicted octanol–water partition coefficient (Wildman–Crippen LogP) is 2.43. The van der Waals surface area contributed by atoms with E-state index in [-0.39, 0.29) is 18.7 Å². The molecule has 0 aromatic heterocycles. The third-order valence-corrected chi connectivity index (χ3v) is 4.46. The molecule has 0 radical (unpaired) electrons. The Morgan fingerprint density at radius 2 is 1.27 bits per heavy atom. The van der Waals surface area contributed by atoms with Crippen molar-refractivity contribution < 1.29 is 28.5 Å². The molecule has 154 valence electrons. The van der Waals surface area contributed by atoms with Crippen LogP contribution >= 0.6 is 12.6 Å². The molecule has 0 spiro atoms. The van der Waals surface area contributed by atoms with E-state index in [0.717, 1.165) is 38.7 Å². The minimum absolute atomic E-state index is 0.209. The number of rotatable bonds is 15. The molecule has 1 saturated carbocycles. The van der Waals surface area contributed by atoms with Crippen LogP contribution < -0.4 is 5.32 Å². The number of carbonyl (C=O) groups is 1. The number of alkyl carbamates (subject to hydrolysis) is 1. The summed E-state index contributed by atoms with van der Waals surface area (Å²) in [6.45, 7) is 6.73. The van der Waals surface area contributed by atoms with Crippen LogP contribution in [0.5, 0.6) is 0 Å². The van der Waals surface area contributed by atoms with Crippen molar-refractivity contribution in [3.05, 3.63) is 0 Å². The molecule has 1 rings (SSSR count). The molecule has 0 bridgehead atoms. The van der Waals surface area contributed by atoms with E-state index in [0.29, 0.717) is 51.5 Å². The Kier molecular flexibility index (Phi) is 15.0. The summed E-state index contributed by atoms with van der Waals surface area (Å²) in [5, 5.41) is 3.35. The summed E-state index contributed by atoms with van der Waals surface area (Å²) in [5.41, 5.74) is 0. The summed E-state index contributed by atoms with van der Waals surface area (Å²) in [5.74, 6) is 0. The summed E-state index contributed by atoms with van der Waals surface area (Å²) in [6, 6.07) is 0.209. The number of amides is 1. The van der Waals surface area contributed by atoms with Gasteiger partial charge in [-0.05, 0) is 32.1 Å². The van der Waals surface area contributed by atoms with Gasteiger partial charge in [-0.25, -0.2) is 4.79 Å². The van der Waals surface area contributed by atoms with Gasteiger partial charge in [-0.1, -0.05) is 6.92 Å². The summed E-state index contributed by atoms with van der Waals surface area (Å²) < 4.78 is 26.5. The van der Waals surface area contributed by atoms with Gasteiger partial charge in [-0.3, -0.25) is 0 Å². The highest BCUT2D eigenvalue weighted by Gasteiger charge is 2.20. The monoisotopic (exact) mass is 393 g/mol. The molecule has 1 fully saturated rings. The van der Waals surface area contributed by atoms with Gasteiger partial charge in [0.15, 0.2) is 0 Å². The lowest BCUT2D eigenvalue weighted by Crippen LogP contribution is -2.38. The van der Waals surface area contributed by atoms with Crippen LogP contribution in [0.3, 0.4) is 0 Å². The van der Waals surface area contributed by atoms with Crippen LogP contribution in [0.4, 0.5) is 4.79 Å². The molecule has 26 heavy (non-hydrogen) atoms. The zero-order valence-electron chi connectivity index (χ0n) is 16.0. The Morgan fingerprint density at radius 3 is 1.77 bits per heavy atom. The van der Waals surface area contributed by atoms with E-state index in [1.807, 2.05) is 0 Å². The van der Waals surface area contributed by atoms with Crippen LogP contribution in [-0.2, 0) is 23.7 Å². The van der Waals surface area contributed by atoms with Crippen LogP contribution in [-0.4, -0.2) is 76.8 Å². The lowest BCUT2D eigenvalue weighted by atomic mass is 9.95. The molecule has 1 aliphatic rings. The average molecular weight is 394 g/mol. The Bertz CT molecular complexity index is 340. The number of ether oxygens (including phenoxy) is 5. The summed E-state index contributed by atoms with van der Waals surface area (Å²) in [7, 11) is 0. The maximum Gasteiger partial charge on any atom is 0.407 e. The molecular formula is C18H35NO6S. The third-order valence-electron chi connectivity index (χ3n) is 3.94. The smallest absolute Gasteiger partial charge is 0.407 e. The number of nitrogens with one attached hydrogen (secondary N) is 1. The van der Waals surface area contributed by atoms with Gasteiger partial charge in [0, 0.05) is 17.9 Å². The van der Waals surface area contributed by atoms with Crippen molar-refractivity contribution in [3.63, 3.8) is 0 Å². The van der Waals surface area contributed by atoms with Crippen molar-refractivity contribution in [2.24, 2.45) is 0 Å². The van der Waals surface area contributed by atoms with Gasteiger partial charge < -0.3 is 29.0 Å². The Balaban J connectivity index is 1.77. The number of thiol groups is 1. The number of hydrogen-bond acceptors (Lipinski definition) is 7. The van der Waals surface area contributed by atoms with Gasteiger partial charge in [0.2, 0.25) is 0 Å². The molecule has 0 unspecified atom stereocenters. The lowest BCUT2D eigenvalue weighted by Gasteiger charge is -2.26. The SMILES string of the molecule is CCCOCCOCCOCCOCCOC(=O)NC1CCC(S)CC1. The van der Waals surface area contributed by atoms with E-state index >= 15 is 0 Å². The Hall–Kier alpha value is -0.540. The van der Waals surface area contributed by atoms with Gasteiger partial charge in [0.05, 0.1) is 46.2 Å². The number of hydrogen-bond donors (Lipinski definition) is 2. The first kappa shape index (κ1) is 23.5. The first-order chi connectivity index (χ1) is 12.7. The normalized spacial score (nSPS) is 20.1. The molecule has 8 heteroatoms. The molecule has 0 atom stereocenters. The maximum absolute atomic E-state index is 11.7. The van der Waals surface area contributed by atoms with E-state index in [1.165, 1.54) is 0 Å². The van der Waals surface area contributed by atoms with Crippen LogP contribution in [0.2, 0.25) is 0 Å². The van der Waals surface area contributed by atoms with Gasteiger partial charge in [-0.15, -0.1) is 0 Å². The predicted molar refractivity (Wildman–Crippen MR) is 103 cm³/mol. The average Bonchev–Trinajstić information content (AvgIpc) is 2.64. The standard InChI is InChI=1S/C18H35NO6S/c1-2-7-21-8-9-22-10-11-23-12-13-24-14-15-25-18(20)19-16-3-5-17(26)6-4-16/h16-17,26H,2-15H2,1H3,(H,19,20). The molecule has 0 heterocycles. The summed E-state index contributed by atoms with van der Waals surface area (Å²) >= 11 is 4.45. The van der Waals surface area contributed by atoms with Gasteiger partial charge in [-0.2, -0.15) is 12.6 Å². The first-order valence-corrected chi connectivity index (χ1v) is 10.2. The van der Waals surface area contributed by atoms with Crippen molar-refractivity contribution in [2.75, 3.05) is 59.5 Å². The highest BCUT2D eigenvalue weighted by Crippen LogP contribution is 2.22. The van der Waals surface area contributed by atoms with Crippen molar-refractivity contribution in [1.29, 1.82) is 0 Å².